The van der Waals surface area contributed by atoms with Crippen molar-refractivity contribution in [3.8, 4) is 0 Å². The van der Waals surface area contributed by atoms with E-state index < -0.39 is 0 Å². The molecule has 1 saturated heterocycles. The molecule has 0 bridgehead atoms. The molecule has 4 rings (SSSR count). The average Bonchev–Trinajstić information content (AvgIpc) is 3.03. The molecule has 1 atom stereocenters. The molecule has 0 radical (unpaired) electrons. The Morgan fingerprint density at radius 1 is 1.31 bits per heavy atom. The highest BCUT2D eigenvalue weighted by Crippen LogP contribution is 2.29. The summed E-state index contributed by atoms with van der Waals surface area (Å²) in [5, 5.41) is 12.6. The van der Waals surface area contributed by atoms with Crippen LogP contribution in [-0.2, 0) is 4.79 Å². The van der Waals surface area contributed by atoms with Gasteiger partial charge in [0.2, 0.25) is 5.91 Å². The second-order valence-corrected chi connectivity index (χ2v) is 7.91. The zero-order valence-corrected chi connectivity index (χ0v) is 15.8. The van der Waals surface area contributed by atoms with Crippen molar-refractivity contribution in [2.45, 2.75) is 19.8 Å². The number of aromatic nitrogens is 3. The molecule has 3 heterocycles. The number of nitrogens with zero attached hydrogens (tertiary/aromatic N) is 4. The standard InChI is InChI=1S/C18H18ClN5OS/c1-11-4-7-16(23-22-11)24-8-2-3-12(10-24)17(25)21-18-20-14-6-5-13(19)9-15(14)26-18/h4-7,9,12H,2-3,8,10H2,1H3,(H,20,21,25). The molecule has 1 unspecified atom stereocenters. The number of anilines is 2. The van der Waals surface area contributed by atoms with Gasteiger partial charge in [-0.15, -0.1) is 5.10 Å². The molecule has 1 fully saturated rings. The third-order valence-corrected chi connectivity index (χ3v) is 5.65. The van der Waals surface area contributed by atoms with Crippen LogP contribution >= 0.6 is 22.9 Å². The number of amides is 1. The number of hydrogen-bond acceptors (Lipinski definition) is 6. The van der Waals surface area contributed by atoms with E-state index in [1.54, 1.807) is 6.07 Å². The lowest BCUT2D eigenvalue weighted by molar-refractivity contribution is -0.120. The highest BCUT2D eigenvalue weighted by atomic mass is 35.5. The molecule has 1 aliphatic heterocycles. The average molecular weight is 388 g/mol. The van der Waals surface area contributed by atoms with E-state index in [0.29, 0.717) is 16.7 Å². The summed E-state index contributed by atoms with van der Waals surface area (Å²) in [6.45, 7) is 3.44. The quantitative estimate of drug-likeness (QED) is 0.737. The lowest BCUT2D eigenvalue weighted by Crippen LogP contribution is -2.41. The van der Waals surface area contributed by atoms with Crippen molar-refractivity contribution in [2.24, 2.45) is 5.92 Å². The summed E-state index contributed by atoms with van der Waals surface area (Å²) in [6.07, 6.45) is 1.81. The van der Waals surface area contributed by atoms with Gasteiger partial charge in [0.15, 0.2) is 10.9 Å². The summed E-state index contributed by atoms with van der Waals surface area (Å²) in [6, 6.07) is 9.43. The molecule has 26 heavy (non-hydrogen) atoms. The van der Waals surface area contributed by atoms with Gasteiger partial charge >= 0.3 is 0 Å². The number of carbonyl (C=O) groups excluding carboxylic acids is 1. The lowest BCUT2D eigenvalue weighted by atomic mass is 9.97. The fourth-order valence-electron chi connectivity index (χ4n) is 3.12. The molecular formula is C18H18ClN5OS. The van der Waals surface area contributed by atoms with Crippen LogP contribution in [0.25, 0.3) is 10.2 Å². The van der Waals surface area contributed by atoms with E-state index in [-0.39, 0.29) is 11.8 Å². The highest BCUT2D eigenvalue weighted by molar-refractivity contribution is 7.22. The van der Waals surface area contributed by atoms with Gasteiger partial charge in [-0.2, -0.15) is 5.10 Å². The van der Waals surface area contributed by atoms with Crippen molar-refractivity contribution in [3.63, 3.8) is 0 Å². The molecule has 8 heteroatoms. The maximum Gasteiger partial charge on any atom is 0.231 e. The number of piperidine rings is 1. The van der Waals surface area contributed by atoms with Crippen LogP contribution in [0.2, 0.25) is 5.02 Å². The maximum atomic E-state index is 12.7. The van der Waals surface area contributed by atoms with Crippen LogP contribution in [0.1, 0.15) is 18.5 Å². The molecule has 0 aliphatic carbocycles. The normalized spacial score (nSPS) is 17.5. The zero-order valence-electron chi connectivity index (χ0n) is 14.3. The van der Waals surface area contributed by atoms with Gasteiger partial charge in [-0.1, -0.05) is 22.9 Å². The van der Waals surface area contributed by atoms with Gasteiger partial charge in [-0.3, -0.25) is 4.79 Å². The van der Waals surface area contributed by atoms with Crippen LogP contribution in [-0.4, -0.2) is 34.2 Å². The van der Waals surface area contributed by atoms with Crippen molar-refractivity contribution in [2.75, 3.05) is 23.3 Å². The van der Waals surface area contributed by atoms with Crippen LogP contribution in [0.15, 0.2) is 30.3 Å². The molecule has 1 N–H and O–H groups in total. The van der Waals surface area contributed by atoms with Crippen LogP contribution in [0.5, 0.6) is 0 Å². The van der Waals surface area contributed by atoms with E-state index in [9.17, 15) is 4.79 Å². The Morgan fingerprint density at radius 2 is 2.19 bits per heavy atom. The second kappa shape index (κ2) is 7.17. The predicted octanol–water partition coefficient (Wildman–Crippen LogP) is 3.90. The minimum atomic E-state index is -0.0950. The Morgan fingerprint density at radius 3 is 3.00 bits per heavy atom. The molecule has 1 aliphatic rings. The van der Waals surface area contributed by atoms with Crippen molar-refractivity contribution in [1.82, 2.24) is 15.2 Å². The first-order chi connectivity index (χ1) is 12.6. The first-order valence-electron chi connectivity index (χ1n) is 8.51. The molecule has 0 saturated carbocycles. The van der Waals surface area contributed by atoms with Crippen LogP contribution in [0, 0.1) is 12.8 Å². The minimum Gasteiger partial charge on any atom is -0.354 e. The van der Waals surface area contributed by atoms with E-state index in [4.69, 9.17) is 11.6 Å². The minimum absolute atomic E-state index is 0.0000704. The van der Waals surface area contributed by atoms with Gasteiger partial charge in [0.1, 0.15) is 0 Å². The Balaban J connectivity index is 1.45. The fourth-order valence-corrected chi connectivity index (χ4v) is 4.26. The number of carbonyl (C=O) groups is 1. The second-order valence-electron chi connectivity index (χ2n) is 6.44. The molecule has 6 nitrogen and oxygen atoms in total. The number of rotatable bonds is 3. The number of hydrogen-bond donors (Lipinski definition) is 1. The number of fused-ring (bicyclic) bond motifs is 1. The largest absolute Gasteiger partial charge is 0.354 e. The molecule has 3 aromatic rings. The zero-order chi connectivity index (χ0) is 18.1. The van der Waals surface area contributed by atoms with Gasteiger partial charge in [0.05, 0.1) is 21.8 Å². The summed E-state index contributed by atoms with van der Waals surface area (Å²) >= 11 is 7.45. The first kappa shape index (κ1) is 17.2. The van der Waals surface area contributed by atoms with E-state index in [0.717, 1.165) is 41.1 Å². The van der Waals surface area contributed by atoms with Crippen molar-refractivity contribution >= 4 is 50.0 Å². The molecule has 1 amide bonds. The summed E-state index contributed by atoms with van der Waals surface area (Å²) < 4.78 is 0.966. The molecule has 1 aromatic carbocycles. The Bertz CT molecular complexity index is 942. The molecule has 134 valence electrons. The van der Waals surface area contributed by atoms with E-state index in [1.807, 2.05) is 31.2 Å². The van der Waals surface area contributed by atoms with Crippen LogP contribution in [0.3, 0.4) is 0 Å². The number of halogens is 1. The number of nitrogens with one attached hydrogen (secondary N) is 1. The number of aryl methyl sites for hydroxylation is 1. The third-order valence-electron chi connectivity index (χ3n) is 4.48. The Labute approximate surface area is 160 Å². The fraction of sp³-hybridized carbons (Fsp3) is 0.333. The molecule has 2 aromatic heterocycles. The van der Waals surface area contributed by atoms with Crippen LogP contribution in [0.4, 0.5) is 10.9 Å². The Kier molecular flexibility index (Phi) is 4.74. The number of benzene rings is 1. The SMILES string of the molecule is Cc1ccc(N2CCCC(C(=O)Nc3nc4ccc(Cl)cc4s3)C2)nn1. The summed E-state index contributed by atoms with van der Waals surface area (Å²) in [5.41, 5.74) is 1.73. The van der Waals surface area contributed by atoms with Crippen LogP contribution < -0.4 is 10.2 Å². The predicted molar refractivity (Wildman–Crippen MR) is 105 cm³/mol. The molecular weight excluding hydrogens is 370 g/mol. The highest BCUT2D eigenvalue weighted by Gasteiger charge is 2.27. The van der Waals surface area contributed by atoms with Gasteiger partial charge in [-0.25, -0.2) is 4.98 Å². The third kappa shape index (κ3) is 3.64. The van der Waals surface area contributed by atoms with Gasteiger partial charge in [0, 0.05) is 18.1 Å². The smallest absolute Gasteiger partial charge is 0.231 e. The summed E-state index contributed by atoms with van der Waals surface area (Å²) in [4.78, 5) is 19.3. The van der Waals surface area contributed by atoms with E-state index in [1.165, 1.54) is 11.3 Å². The van der Waals surface area contributed by atoms with Gasteiger partial charge in [0.25, 0.3) is 0 Å². The first-order valence-corrected chi connectivity index (χ1v) is 9.70. The van der Waals surface area contributed by atoms with E-state index in [2.05, 4.69) is 25.4 Å². The van der Waals surface area contributed by atoms with Gasteiger partial charge < -0.3 is 10.2 Å². The van der Waals surface area contributed by atoms with Gasteiger partial charge in [-0.05, 0) is 50.1 Å². The Hall–Kier alpha value is -2.25. The lowest BCUT2D eigenvalue weighted by Gasteiger charge is -2.32. The monoisotopic (exact) mass is 387 g/mol. The molecule has 0 spiro atoms. The van der Waals surface area contributed by atoms with Crippen molar-refractivity contribution in [1.29, 1.82) is 0 Å². The van der Waals surface area contributed by atoms with E-state index >= 15 is 0 Å². The summed E-state index contributed by atoms with van der Waals surface area (Å²) in [7, 11) is 0. The number of thiazole rings is 1. The van der Waals surface area contributed by atoms with Crippen molar-refractivity contribution < 1.29 is 4.79 Å². The summed E-state index contributed by atoms with van der Waals surface area (Å²) in [5.74, 6) is 0.727. The topological polar surface area (TPSA) is 71.0 Å². The maximum absolute atomic E-state index is 12.7. The van der Waals surface area contributed by atoms with Crippen molar-refractivity contribution in [3.05, 3.63) is 41.0 Å².